The van der Waals surface area contributed by atoms with Crippen LogP contribution in [0.3, 0.4) is 0 Å². The van der Waals surface area contributed by atoms with E-state index in [9.17, 15) is 20.0 Å². The predicted octanol–water partition coefficient (Wildman–Crippen LogP) is 4.70. The van der Waals surface area contributed by atoms with Gasteiger partial charge in [-0.2, -0.15) is 0 Å². The van der Waals surface area contributed by atoms with Gasteiger partial charge in [0.2, 0.25) is 5.91 Å². The maximum atomic E-state index is 12.3. The quantitative estimate of drug-likeness (QED) is 0.147. The Morgan fingerprint density at radius 3 is 2.73 bits per heavy atom. The molecule has 0 fully saturated rings. The standard InChI is InChI=1S/C20H14N4O4S2/c25-16-7-6-13(24(27)28)8-15(16)23-18(26)10-29-19-14-9-17(12-4-2-1-3-5-12)30-20(14)22-11-21-19/h1-9,11,25H,10H2,(H,23,26). The number of rotatable bonds is 6. The number of hydrogen-bond acceptors (Lipinski definition) is 8. The van der Waals surface area contributed by atoms with Gasteiger partial charge in [-0.15, -0.1) is 11.3 Å². The zero-order chi connectivity index (χ0) is 21.1. The minimum atomic E-state index is -0.595. The van der Waals surface area contributed by atoms with Crippen molar-refractivity contribution in [2.75, 3.05) is 11.1 Å². The fraction of sp³-hybridized carbons (Fsp3) is 0.0500. The Labute approximate surface area is 178 Å². The number of thiophene rings is 1. The molecule has 0 saturated carbocycles. The van der Waals surface area contributed by atoms with Gasteiger partial charge in [-0.3, -0.25) is 14.9 Å². The number of anilines is 1. The first-order valence-corrected chi connectivity index (χ1v) is 10.5. The molecule has 2 heterocycles. The lowest BCUT2D eigenvalue weighted by molar-refractivity contribution is -0.384. The van der Waals surface area contributed by atoms with Gasteiger partial charge in [-0.05, 0) is 17.7 Å². The van der Waals surface area contributed by atoms with E-state index in [0.717, 1.165) is 32.8 Å². The van der Waals surface area contributed by atoms with Crippen molar-refractivity contribution in [2.24, 2.45) is 0 Å². The number of phenolic OH excluding ortho intramolecular Hbond substituents is 1. The highest BCUT2D eigenvalue weighted by molar-refractivity contribution is 8.00. The van der Waals surface area contributed by atoms with Crippen LogP contribution >= 0.6 is 23.1 Å². The minimum Gasteiger partial charge on any atom is -0.506 e. The molecule has 0 aliphatic heterocycles. The summed E-state index contributed by atoms with van der Waals surface area (Å²) in [5.41, 5.74) is 0.847. The average Bonchev–Trinajstić information content (AvgIpc) is 3.19. The third-order valence-corrected chi connectivity index (χ3v) is 6.25. The lowest BCUT2D eigenvalue weighted by Crippen LogP contribution is -2.14. The van der Waals surface area contributed by atoms with E-state index in [2.05, 4.69) is 15.3 Å². The summed E-state index contributed by atoms with van der Waals surface area (Å²) < 4.78 is 0. The number of carbonyl (C=O) groups is 1. The number of nitrogens with one attached hydrogen (secondary N) is 1. The second-order valence-electron chi connectivity index (χ2n) is 6.17. The molecule has 10 heteroatoms. The van der Waals surface area contributed by atoms with Crippen LogP contribution in [0.5, 0.6) is 5.75 Å². The Kier molecular flexibility index (Phi) is 5.59. The lowest BCUT2D eigenvalue weighted by Gasteiger charge is -2.07. The number of thioether (sulfide) groups is 1. The molecule has 2 aromatic carbocycles. The number of nitrogens with zero attached hydrogens (tertiary/aromatic N) is 3. The molecule has 30 heavy (non-hydrogen) atoms. The molecule has 8 nitrogen and oxygen atoms in total. The number of benzene rings is 2. The van der Waals surface area contributed by atoms with Gasteiger partial charge < -0.3 is 10.4 Å². The maximum Gasteiger partial charge on any atom is 0.271 e. The zero-order valence-electron chi connectivity index (χ0n) is 15.3. The van der Waals surface area contributed by atoms with Crippen molar-refractivity contribution in [1.29, 1.82) is 0 Å². The Bertz CT molecular complexity index is 1240. The first kappa shape index (κ1) is 19.8. The normalized spacial score (nSPS) is 10.8. The van der Waals surface area contributed by atoms with Gasteiger partial charge in [0.05, 0.1) is 16.4 Å². The van der Waals surface area contributed by atoms with E-state index in [1.54, 1.807) is 11.3 Å². The topological polar surface area (TPSA) is 118 Å². The lowest BCUT2D eigenvalue weighted by atomic mass is 10.2. The van der Waals surface area contributed by atoms with Crippen LogP contribution < -0.4 is 5.32 Å². The van der Waals surface area contributed by atoms with Crippen LogP contribution in [-0.4, -0.2) is 31.7 Å². The third-order valence-electron chi connectivity index (χ3n) is 4.16. The molecule has 2 aromatic heterocycles. The average molecular weight is 438 g/mol. The summed E-state index contributed by atoms with van der Waals surface area (Å²) >= 11 is 2.78. The fourth-order valence-electron chi connectivity index (χ4n) is 2.75. The number of nitro groups is 1. The summed E-state index contributed by atoms with van der Waals surface area (Å²) in [6, 6.07) is 15.4. The number of amides is 1. The summed E-state index contributed by atoms with van der Waals surface area (Å²) in [5, 5.41) is 24.7. The molecule has 0 aliphatic rings. The highest BCUT2D eigenvalue weighted by Gasteiger charge is 2.15. The van der Waals surface area contributed by atoms with E-state index in [-0.39, 0.29) is 22.9 Å². The number of non-ortho nitro benzene ring substituents is 1. The molecule has 0 spiro atoms. The molecular formula is C20H14N4O4S2. The summed E-state index contributed by atoms with van der Waals surface area (Å²) in [6.07, 6.45) is 1.46. The van der Waals surface area contributed by atoms with Crippen LogP contribution in [0.15, 0.2) is 66.0 Å². The third kappa shape index (κ3) is 4.24. The summed E-state index contributed by atoms with van der Waals surface area (Å²) in [7, 11) is 0. The van der Waals surface area contributed by atoms with E-state index in [4.69, 9.17) is 0 Å². The number of nitro benzene ring substituents is 1. The van der Waals surface area contributed by atoms with Crippen molar-refractivity contribution in [3.05, 3.63) is 71.0 Å². The van der Waals surface area contributed by atoms with Crippen LogP contribution in [0.2, 0.25) is 0 Å². The van der Waals surface area contributed by atoms with Crippen LogP contribution in [0, 0.1) is 10.1 Å². The van der Waals surface area contributed by atoms with Gasteiger partial charge in [-0.1, -0.05) is 42.1 Å². The smallest absolute Gasteiger partial charge is 0.271 e. The second kappa shape index (κ2) is 8.47. The molecule has 0 aliphatic carbocycles. The van der Waals surface area contributed by atoms with Crippen molar-refractivity contribution in [3.63, 3.8) is 0 Å². The molecule has 4 aromatic rings. The predicted molar refractivity (Wildman–Crippen MR) is 117 cm³/mol. The van der Waals surface area contributed by atoms with Gasteiger partial charge in [0, 0.05) is 22.4 Å². The number of phenols is 1. The van der Waals surface area contributed by atoms with Gasteiger partial charge in [0.15, 0.2) is 0 Å². The largest absolute Gasteiger partial charge is 0.506 e. The highest BCUT2D eigenvalue weighted by atomic mass is 32.2. The van der Waals surface area contributed by atoms with Gasteiger partial charge in [0.25, 0.3) is 5.69 Å². The fourth-order valence-corrected chi connectivity index (χ4v) is 4.59. The van der Waals surface area contributed by atoms with Crippen LogP contribution in [0.1, 0.15) is 0 Å². The van der Waals surface area contributed by atoms with E-state index < -0.39 is 10.8 Å². The summed E-state index contributed by atoms with van der Waals surface area (Å²) in [5.74, 6) is -0.639. The molecule has 2 N–H and O–H groups in total. The Morgan fingerprint density at radius 1 is 1.17 bits per heavy atom. The number of aromatic nitrogens is 2. The van der Waals surface area contributed by atoms with Crippen LogP contribution in [0.4, 0.5) is 11.4 Å². The Balaban J connectivity index is 1.50. The Morgan fingerprint density at radius 2 is 1.97 bits per heavy atom. The van der Waals surface area contributed by atoms with Crippen molar-refractivity contribution < 1.29 is 14.8 Å². The van der Waals surface area contributed by atoms with Crippen LogP contribution in [-0.2, 0) is 4.79 Å². The van der Waals surface area contributed by atoms with Crippen molar-refractivity contribution >= 4 is 50.6 Å². The number of fused-ring (bicyclic) bond motifs is 1. The van der Waals surface area contributed by atoms with Crippen molar-refractivity contribution in [3.8, 4) is 16.2 Å². The summed E-state index contributed by atoms with van der Waals surface area (Å²) in [6.45, 7) is 0. The number of aromatic hydroxyl groups is 1. The van der Waals surface area contributed by atoms with Crippen molar-refractivity contribution in [1.82, 2.24) is 9.97 Å². The molecule has 0 saturated heterocycles. The van der Waals surface area contributed by atoms with E-state index >= 15 is 0 Å². The molecule has 4 rings (SSSR count). The number of carbonyl (C=O) groups excluding carboxylic acids is 1. The minimum absolute atomic E-state index is 0.00969. The molecule has 150 valence electrons. The maximum absolute atomic E-state index is 12.3. The number of hydrogen-bond donors (Lipinski definition) is 2. The van der Waals surface area contributed by atoms with Crippen LogP contribution in [0.25, 0.3) is 20.7 Å². The first-order chi connectivity index (χ1) is 14.5. The zero-order valence-corrected chi connectivity index (χ0v) is 16.9. The van der Waals surface area contributed by atoms with Gasteiger partial charge >= 0.3 is 0 Å². The Hall–Kier alpha value is -3.50. The molecule has 0 unspecified atom stereocenters. The first-order valence-electron chi connectivity index (χ1n) is 8.71. The molecular weight excluding hydrogens is 424 g/mol. The second-order valence-corrected chi connectivity index (χ2v) is 8.16. The van der Waals surface area contributed by atoms with Crippen molar-refractivity contribution in [2.45, 2.75) is 5.03 Å². The molecule has 1 amide bonds. The van der Waals surface area contributed by atoms with E-state index in [1.807, 2.05) is 36.4 Å². The molecule has 0 bridgehead atoms. The summed E-state index contributed by atoms with van der Waals surface area (Å²) in [4.78, 5) is 33.1. The van der Waals surface area contributed by atoms with E-state index in [1.165, 1.54) is 24.2 Å². The molecule has 0 radical (unpaired) electrons. The molecule has 0 atom stereocenters. The monoisotopic (exact) mass is 438 g/mol. The van der Waals surface area contributed by atoms with E-state index in [0.29, 0.717) is 5.03 Å². The highest BCUT2D eigenvalue weighted by Crippen LogP contribution is 2.36. The SMILES string of the molecule is O=C(CSc1ncnc2sc(-c3ccccc3)cc12)Nc1cc([N+](=O)[O-])ccc1O. The van der Waals surface area contributed by atoms with Gasteiger partial charge in [0.1, 0.15) is 21.9 Å². The van der Waals surface area contributed by atoms with Gasteiger partial charge in [-0.25, -0.2) is 9.97 Å².